The summed E-state index contributed by atoms with van der Waals surface area (Å²) in [4.78, 5) is 7.44. The van der Waals surface area contributed by atoms with Crippen LogP contribution in [0.1, 0.15) is 11.3 Å². The van der Waals surface area contributed by atoms with Crippen LogP contribution < -0.4 is 0 Å². The fraction of sp³-hybridized carbons (Fsp3) is 0.0500. The molecule has 0 saturated heterocycles. The highest BCUT2D eigenvalue weighted by atomic mass is 19.4. The van der Waals surface area contributed by atoms with Crippen LogP contribution in [-0.4, -0.2) is 14.4 Å². The van der Waals surface area contributed by atoms with Crippen molar-refractivity contribution in [2.24, 2.45) is 0 Å². The summed E-state index contributed by atoms with van der Waals surface area (Å²) in [5.74, 6) is -2.50. The Morgan fingerprint density at radius 2 is 1.76 bits per heavy atom. The van der Waals surface area contributed by atoms with Crippen LogP contribution in [0.15, 0.2) is 54.9 Å². The van der Waals surface area contributed by atoms with E-state index in [4.69, 9.17) is 0 Å². The average Bonchev–Trinajstić information content (AvgIpc) is 3.12. The van der Waals surface area contributed by atoms with Crippen LogP contribution in [0.3, 0.4) is 0 Å². The second-order valence-corrected chi connectivity index (χ2v) is 6.10. The Hall–Kier alpha value is -3.80. The Bertz CT molecular complexity index is 1280. The summed E-state index contributed by atoms with van der Waals surface area (Å²) in [6, 6.07) is 11.2. The van der Waals surface area contributed by atoms with E-state index < -0.39 is 29.1 Å². The van der Waals surface area contributed by atoms with E-state index in [9.17, 15) is 27.2 Å². The molecule has 0 aliphatic heterocycles. The van der Waals surface area contributed by atoms with E-state index in [1.807, 2.05) is 0 Å². The van der Waals surface area contributed by atoms with Gasteiger partial charge in [-0.05, 0) is 29.8 Å². The number of nitrogens with zero attached hydrogens (tertiary/aromatic N) is 4. The number of hydrogen-bond acceptors (Lipinski definition) is 3. The molecule has 4 nitrogen and oxygen atoms in total. The number of halogens is 5. The Morgan fingerprint density at radius 1 is 1.00 bits per heavy atom. The average molecular weight is 400 g/mol. The van der Waals surface area contributed by atoms with E-state index in [1.54, 1.807) is 30.3 Å². The van der Waals surface area contributed by atoms with Crippen LogP contribution in [0, 0.1) is 23.0 Å². The quantitative estimate of drug-likeness (QED) is 0.433. The molecule has 4 rings (SSSR count). The van der Waals surface area contributed by atoms with Crippen LogP contribution in [0.4, 0.5) is 22.0 Å². The highest BCUT2D eigenvalue weighted by molar-refractivity contribution is 5.76. The molecule has 2 aromatic heterocycles. The van der Waals surface area contributed by atoms with Gasteiger partial charge in [-0.2, -0.15) is 18.4 Å². The van der Waals surface area contributed by atoms with E-state index in [0.717, 1.165) is 12.1 Å². The molecule has 0 aliphatic carbocycles. The first-order valence-electron chi connectivity index (χ1n) is 8.20. The number of alkyl halides is 3. The number of aromatic nitrogens is 3. The third-order valence-corrected chi connectivity index (χ3v) is 4.35. The van der Waals surface area contributed by atoms with Crippen molar-refractivity contribution in [2.75, 3.05) is 0 Å². The van der Waals surface area contributed by atoms with Crippen molar-refractivity contribution >= 4 is 5.78 Å². The molecule has 0 N–H and O–H groups in total. The van der Waals surface area contributed by atoms with Gasteiger partial charge >= 0.3 is 6.18 Å². The van der Waals surface area contributed by atoms with Crippen molar-refractivity contribution in [1.82, 2.24) is 14.4 Å². The fourth-order valence-electron chi connectivity index (χ4n) is 2.99. The second-order valence-electron chi connectivity index (χ2n) is 6.10. The summed E-state index contributed by atoms with van der Waals surface area (Å²) in [6.45, 7) is 0. The highest BCUT2D eigenvalue weighted by Crippen LogP contribution is 2.32. The molecular weight excluding hydrogens is 391 g/mol. The standard InChI is InChI=1S/C20H9F5N4/c21-15-5-4-13(14(9-26)18(15)22)11-2-1-3-12(8-11)16-10-27-19-28-17(20(23,24)25)6-7-29(16)19/h1-8,10H. The van der Waals surface area contributed by atoms with E-state index in [0.29, 0.717) is 16.8 Å². The predicted octanol–water partition coefficient (Wildman–Crippen LogP) is 5.23. The smallest absolute Gasteiger partial charge is 0.284 e. The number of benzene rings is 2. The molecule has 4 aromatic rings. The molecule has 2 heterocycles. The van der Waals surface area contributed by atoms with Crippen molar-refractivity contribution in [3.05, 3.63) is 77.8 Å². The minimum absolute atomic E-state index is 0.134. The molecule has 0 fully saturated rings. The van der Waals surface area contributed by atoms with Gasteiger partial charge < -0.3 is 0 Å². The van der Waals surface area contributed by atoms with Gasteiger partial charge in [0.25, 0.3) is 0 Å². The van der Waals surface area contributed by atoms with Gasteiger partial charge in [0.15, 0.2) is 11.6 Å². The maximum absolute atomic E-state index is 14.0. The van der Waals surface area contributed by atoms with Crippen molar-refractivity contribution in [3.63, 3.8) is 0 Å². The molecule has 0 unspecified atom stereocenters. The molecule has 29 heavy (non-hydrogen) atoms. The molecule has 0 aliphatic rings. The third kappa shape index (κ3) is 3.18. The van der Waals surface area contributed by atoms with Crippen molar-refractivity contribution in [1.29, 1.82) is 5.26 Å². The maximum Gasteiger partial charge on any atom is 0.433 e. The van der Waals surface area contributed by atoms with Gasteiger partial charge in [0, 0.05) is 17.3 Å². The largest absolute Gasteiger partial charge is 0.433 e. The fourth-order valence-corrected chi connectivity index (χ4v) is 2.99. The maximum atomic E-state index is 14.0. The summed E-state index contributed by atoms with van der Waals surface area (Å²) >= 11 is 0. The van der Waals surface area contributed by atoms with Crippen molar-refractivity contribution < 1.29 is 22.0 Å². The number of imidazole rings is 1. The minimum atomic E-state index is -4.59. The summed E-state index contributed by atoms with van der Waals surface area (Å²) in [5, 5.41) is 9.20. The lowest BCUT2D eigenvalue weighted by Crippen LogP contribution is -2.09. The summed E-state index contributed by atoms with van der Waals surface area (Å²) in [5.41, 5.74) is 0.134. The van der Waals surface area contributed by atoms with Crippen LogP contribution in [0.2, 0.25) is 0 Å². The Morgan fingerprint density at radius 3 is 2.48 bits per heavy atom. The zero-order chi connectivity index (χ0) is 20.8. The second kappa shape index (κ2) is 6.67. The molecule has 2 aromatic carbocycles. The predicted molar refractivity (Wildman–Crippen MR) is 93.5 cm³/mol. The molecule has 144 valence electrons. The topological polar surface area (TPSA) is 54.0 Å². The molecule has 9 heteroatoms. The molecule has 0 amide bonds. The van der Waals surface area contributed by atoms with E-state index in [-0.39, 0.29) is 11.3 Å². The lowest BCUT2D eigenvalue weighted by Gasteiger charge is -2.09. The molecule has 0 spiro atoms. The molecule has 0 saturated carbocycles. The zero-order valence-corrected chi connectivity index (χ0v) is 14.4. The third-order valence-electron chi connectivity index (χ3n) is 4.35. The Balaban J connectivity index is 1.84. The summed E-state index contributed by atoms with van der Waals surface area (Å²) in [6.07, 6.45) is -2.02. The number of nitriles is 1. The van der Waals surface area contributed by atoms with Crippen LogP contribution in [0.5, 0.6) is 0 Å². The molecule has 0 atom stereocenters. The number of fused-ring (bicyclic) bond motifs is 1. The first-order valence-corrected chi connectivity index (χ1v) is 8.20. The van der Waals surface area contributed by atoms with Crippen molar-refractivity contribution in [2.45, 2.75) is 6.18 Å². The van der Waals surface area contributed by atoms with Gasteiger partial charge in [0.05, 0.1) is 17.5 Å². The van der Waals surface area contributed by atoms with Gasteiger partial charge in [-0.3, -0.25) is 4.40 Å². The van der Waals surface area contributed by atoms with E-state index in [1.165, 1.54) is 22.9 Å². The van der Waals surface area contributed by atoms with Gasteiger partial charge in [-0.25, -0.2) is 18.7 Å². The normalized spacial score (nSPS) is 11.6. The lowest BCUT2D eigenvalue weighted by molar-refractivity contribution is -0.141. The van der Waals surface area contributed by atoms with Gasteiger partial charge in [0.2, 0.25) is 5.78 Å². The van der Waals surface area contributed by atoms with Gasteiger partial charge in [0.1, 0.15) is 11.8 Å². The number of rotatable bonds is 2. The molecule has 0 bridgehead atoms. The van der Waals surface area contributed by atoms with Crippen molar-refractivity contribution in [3.8, 4) is 28.5 Å². The Labute approximate surface area is 160 Å². The van der Waals surface area contributed by atoms with Crippen LogP contribution >= 0.6 is 0 Å². The SMILES string of the molecule is N#Cc1c(-c2cccc(-c3cnc4nc(C(F)(F)F)ccn34)c2)ccc(F)c1F. The van der Waals surface area contributed by atoms with Gasteiger partial charge in [-0.15, -0.1) is 0 Å². The number of hydrogen-bond donors (Lipinski definition) is 0. The van der Waals surface area contributed by atoms with Crippen LogP contribution in [-0.2, 0) is 6.18 Å². The van der Waals surface area contributed by atoms with E-state index in [2.05, 4.69) is 9.97 Å². The first-order chi connectivity index (χ1) is 13.8. The van der Waals surface area contributed by atoms with Crippen LogP contribution in [0.25, 0.3) is 28.2 Å². The minimum Gasteiger partial charge on any atom is -0.284 e. The molecular formula is C20H9F5N4. The summed E-state index contributed by atoms with van der Waals surface area (Å²) in [7, 11) is 0. The monoisotopic (exact) mass is 400 g/mol. The Kier molecular flexibility index (Phi) is 4.27. The highest BCUT2D eigenvalue weighted by Gasteiger charge is 2.33. The van der Waals surface area contributed by atoms with E-state index >= 15 is 0 Å². The van der Waals surface area contributed by atoms with Gasteiger partial charge in [-0.1, -0.05) is 18.2 Å². The zero-order valence-electron chi connectivity index (χ0n) is 14.4. The molecule has 0 radical (unpaired) electrons. The first kappa shape index (κ1) is 18.6. The summed E-state index contributed by atoms with van der Waals surface area (Å²) < 4.78 is 67.3. The lowest BCUT2D eigenvalue weighted by atomic mass is 9.97.